The second-order valence-electron chi connectivity index (χ2n) is 3.58. The summed E-state index contributed by atoms with van der Waals surface area (Å²) in [5.41, 5.74) is 1.72. The highest BCUT2D eigenvalue weighted by Gasteiger charge is 2.03. The second-order valence-corrected chi connectivity index (χ2v) is 3.58. The Labute approximate surface area is 95.7 Å². The molecule has 0 saturated heterocycles. The van der Waals surface area contributed by atoms with Crippen LogP contribution < -0.4 is 10.6 Å². The fourth-order valence-corrected chi connectivity index (χ4v) is 1.28. The number of nitrogens with zero attached hydrogens (tertiary/aromatic N) is 2. The lowest BCUT2D eigenvalue weighted by molar-refractivity contribution is -0.120. The molecule has 0 saturated carbocycles. The minimum atomic E-state index is 0.0493. The predicted molar refractivity (Wildman–Crippen MR) is 63.3 cm³/mol. The highest BCUT2D eigenvalue weighted by atomic mass is 16.1. The van der Waals surface area contributed by atoms with Gasteiger partial charge in [0.05, 0.1) is 11.4 Å². The van der Waals surface area contributed by atoms with Crippen LogP contribution in [-0.2, 0) is 4.79 Å². The molecule has 1 aromatic heterocycles. The standard InChI is InChI=1S/C11H18N4O/c1-4-12-10(16)5-6-13-11-9(3)14-7-8(2)15-11/h7H,4-6H2,1-3H3,(H,12,16)(H,13,15). The molecule has 0 aliphatic carbocycles. The highest BCUT2D eigenvalue weighted by molar-refractivity contribution is 5.76. The zero-order valence-electron chi connectivity index (χ0n) is 10.0. The lowest BCUT2D eigenvalue weighted by Gasteiger charge is -2.08. The van der Waals surface area contributed by atoms with Crippen LogP contribution in [0.3, 0.4) is 0 Å². The van der Waals surface area contributed by atoms with E-state index in [0.29, 0.717) is 19.5 Å². The first kappa shape index (κ1) is 12.4. The maximum Gasteiger partial charge on any atom is 0.221 e. The number of carbonyl (C=O) groups excluding carboxylic acids is 1. The van der Waals surface area contributed by atoms with Crippen LogP contribution in [-0.4, -0.2) is 29.0 Å². The molecule has 0 bridgehead atoms. The maximum atomic E-state index is 11.2. The number of hydrogen-bond donors (Lipinski definition) is 2. The van der Waals surface area contributed by atoms with Crippen LogP contribution in [0.2, 0.25) is 0 Å². The van der Waals surface area contributed by atoms with Crippen LogP contribution in [0.4, 0.5) is 5.82 Å². The summed E-state index contributed by atoms with van der Waals surface area (Å²) in [6.45, 7) is 6.93. The van der Waals surface area contributed by atoms with E-state index in [0.717, 1.165) is 17.2 Å². The van der Waals surface area contributed by atoms with E-state index in [2.05, 4.69) is 20.6 Å². The summed E-state index contributed by atoms with van der Waals surface area (Å²) in [6, 6.07) is 0. The summed E-state index contributed by atoms with van der Waals surface area (Å²) in [7, 11) is 0. The molecule has 5 nitrogen and oxygen atoms in total. The zero-order chi connectivity index (χ0) is 12.0. The third-order valence-corrected chi connectivity index (χ3v) is 2.09. The van der Waals surface area contributed by atoms with Crippen molar-refractivity contribution in [3.8, 4) is 0 Å². The highest BCUT2D eigenvalue weighted by Crippen LogP contribution is 2.07. The SMILES string of the molecule is CCNC(=O)CCNc1nc(C)cnc1C. The molecule has 5 heteroatoms. The largest absolute Gasteiger partial charge is 0.368 e. The maximum absolute atomic E-state index is 11.2. The van der Waals surface area contributed by atoms with Crippen molar-refractivity contribution in [1.82, 2.24) is 15.3 Å². The van der Waals surface area contributed by atoms with Crippen LogP contribution in [0.5, 0.6) is 0 Å². The molecular weight excluding hydrogens is 204 g/mol. The van der Waals surface area contributed by atoms with Gasteiger partial charge in [0.1, 0.15) is 5.82 Å². The number of amides is 1. The van der Waals surface area contributed by atoms with Crippen molar-refractivity contribution in [2.75, 3.05) is 18.4 Å². The van der Waals surface area contributed by atoms with Gasteiger partial charge >= 0.3 is 0 Å². The van der Waals surface area contributed by atoms with Gasteiger partial charge in [-0.2, -0.15) is 0 Å². The minimum Gasteiger partial charge on any atom is -0.368 e. The Balaban J connectivity index is 2.42. The molecule has 0 aliphatic heterocycles. The Morgan fingerprint density at radius 2 is 2.19 bits per heavy atom. The van der Waals surface area contributed by atoms with E-state index in [1.807, 2.05) is 20.8 Å². The summed E-state index contributed by atoms with van der Waals surface area (Å²) in [5.74, 6) is 0.803. The Bertz CT molecular complexity index is 365. The lowest BCUT2D eigenvalue weighted by atomic mass is 10.3. The summed E-state index contributed by atoms with van der Waals surface area (Å²) < 4.78 is 0. The number of aromatic nitrogens is 2. The second kappa shape index (κ2) is 6.05. The molecule has 16 heavy (non-hydrogen) atoms. The summed E-state index contributed by atoms with van der Waals surface area (Å²) >= 11 is 0. The molecule has 0 aliphatic rings. The summed E-state index contributed by atoms with van der Waals surface area (Å²) in [5, 5.41) is 5.85. The molecule has 0 aromatic carbocycles. The average Bonchev–Trinajstić information content (AvgIpc) is 2.23. The van der Waals surface area contributed by atoms with Crippen LogP contribution in [0, 0.1) is 13.8 Å². The van der Waals surface area contributed by atoms with Gasteiger partial charge in [0, 0.05) is 25.7 Å². The van der Waals surface area contributed by atoms with E-state index in [4.69, 9.17) is 0 Å². The molecular formula is C11H18N4O. The van der Waals surface area contributed by atoms with Gasteiger partial charge in [-0.1, -0.05) is 0 Å². The Morgan fingerprint density at radius 3 is 2.88 bits per heavy atom. The van der Waals surface area contributed by atoms with Crippen molar-refractivity contribution in [1.29, 1.82) is 0 Å². The van der Waals surface area contributed by atoms with E-state index >= 15 is 0 Å². The van der Waals surface area contributed by atoms with Crippen molar-refractivity contribution in [3.63, 3.8) is 0 Å². The molecule has 0 fully saturated rings. The summed E-state index contributed by atoms with van der Waals surface area (Å²) in [4.78, 5) is 19.7. The average molecular weight is 222 g/mol. The third kappa shape index (κ3) is 3.84. The van der Waals surface area contributed by atoms with Crippen molar-refractivity contribution >= 4 is 11.7 Å². The van der Waals surface area contributed by atoms with Gasteiger partial charge in [0.25, 0.3) is 0 Å². The van der Waals surface area contributed by atoms with Crippen molar-refractivity contribution in [3.05, 3.63) is 17.6 Å². The molecule has 2 N–H and O–H groups in total. The van der Waals surface area contributed by atoms with E-state index in [1.54, 1.807) is 6.20 Å². The van der Waals surface area contributed by atoms with Gasteiger partial charge in [-0.25, -0.2) is 4.98 Å². The Hall–Kier alpha value is -1.65. The van der Waals surface area contributed by atoms with E-state index < -0.39 is 0 Å². The van der Waals surface area contributed by atoms with E-state index in [1.165, 1.54) is 0 Å². The van der Waals surface area contributed by atoms with Crippen molar-refractivity contribution in [2.24, 2.45) is 0 Å². The van der Waals surface area contributed by atoms with E-state index in [-0.39, 0.29) is 5.91 Å². The van der Waals surface area contributed by atoms with Gasteiger partial charge < -0.3 is 10.6 Å². The van der Waals surface area contributed by atoms with Crippen molar-refractivity contribution < 1.29 is 4.79 Å². The van der Waals surface area contributed by atoms with Crippen LogP contribution >= 0.6 is 0 Å². The van der Waals surface area contributed by atoms with Crippen LogP contribution in [0.25, 0.3) is 0 Å². The first-order valence-electron chi connectivity index (χ1n) is 5.44. The molecule has 0 radical (unpaired) electrons. The quantitative estimate of drug-likeness (QED) is 0.781. The fourth-order valence-electron chi connectivity index (χ4n) is 1.28. The van der Waals surface area contributed by atoms with Crippen LogP contribution in [0.1, 0.15) is 24.7 Å². The van der Waals surface area contributed by atoms with Gasteiger partial charge in [-0.05, 0) is 20.8 Å². The smallest absolute Gasteiger partial charge is 0.221 e. The minimum absolute atomic E-state index is 0.0493. The number of carbonyl (C=O) groups is 1. The Kier molecular flexibility index (Phi) is 4.69. The summed E-state index contributed by atoms with van der Waals surface area (Å²) in [6.07, 6.45) is 2.17. The zero-order valence-corrected chi connectivity index (χ0v) is 10.0. The van der Waals surface area contributed by atoms with Gasteiger partial charge in [-0.15, -0.1) is 0 Å². The topological polar surface area (TPSA) is 66.9 Å². The molecule has 1 aromatic rings. The molecule has 88 valence electrons. The number of anilines is 1. The Morgan fingerprint density at radius 1 is 1.44 bits per heavy atom. The van der Waals surface area contributed by atoms with E-state index in [9.17, 15) is 4.79 Å². The van der Waals surface area contributed by atoms with Crippen molar-refractivity contribution in [2.45, 2.75) is 27.2 Å². The molecule has 1 heterocycles. The molecule has 1 amide bonds. The lowest BCUT2D eigenvalue weighted by Crippen LogP contribution is -2.25. The normalized spacial score (nSPS) is 9.94. The number of aryl methyl sites for hydroxylation is 2. The van der Waals surface area contributed by atoms with Gasteiger partial charge in [0.2, 0.25) is 5.91 Å². The molecule has 0 atom stereocenters. The van der Waals surface area contributed by atoms with Gasteiger partial charge in [0.15, 0.2) is 0 Å². The first-order chi connectivity index (χ1) is 7.63. The first-order valence-corrected chi connectivity index (χ1v) is 5.44. The molecule has 0 unspecified atom stereocenters. The van der Waals surface area contributed by atoms with Gasteiger partial charge in [-0.3, -0.25) is 9.78 Å². The molecule has 1 rings (SSSR count). The number of hydrogen-bond acceptors (Lipinski definition) is 4. The monoisotopic (exact) mass is 222 g/mol. The third-order valence-electron chi connectivity index (χ3n) is 2.09. The predicted octanol–water partition coefficient (Wildman–Crippen LogP) is 1.03. The van der Waals surface area contributed by atoms with Crippen LogP contribution in [0.15, 0.2) is 6.20 Å². The number of nitrogens with one attached hydrogen (secondary N) is 2. The fraction of sp³-hybridized carbons (Fsp3) is 0.545. The number of rotatable bonds is 5. The molecule has 0 spiro atoms.